The van der Waals surface area contributed by atoms with Crippen LogP contribution >= 0.6 is 0 Å². The SMILES string of the molecule is COc1cccc(C(=O)Nc2ccccc2C(C)C)c1N. The van der Waals surface area contributed by atoms with Crippen molar-refractivity contribution in [3.05, 3.63) is 53.6 Å². The van der Waals surface area contributed by atoms with Crippen molar-refractivity contribution in [1.82, 2.24) is 0 Å². The number of anilines is 2. The number of rotatable bonds is 4. The van der Waals surface area contributed by atoms with Crippen molar-refractivity contribution in [2.45, 2.75) is 19.8 Å². The van der Waals surface area contributed by atoms with Crippen LogP contribution in [0.4, 0.5) is 11.4 Å². The van der Waals surface area contributed by atoms with Gasteiger partial charge < -0.3 is 15.8 Å². The van der Waals surface area contributed by atoms with E-state index in [1.54, 1.807) is 18.2 Å². The van der Waals surface area contributed by atoms with Crippen LogP contribution in [0, 0.1) is 0 Å². The maximum absolute atomic E-state index is 12.4. The van der Waals surface area contributed by atoms with Crippen LogP contribution in [0.25, 0.3) is 0 Å². The van der Waals surface area contributed by atoms with Gasteiger partial charge in [0, 0.05) is 5.69 Å². The molecule has 21 heavy (non-hydrogen) atoms. The molecule has 110 valence electrons. The summed E-state index contributed by atoms with van der Waals surface area (Å²) in [5.41, 5.74) is 8.61. The first-order chi connectivity index (χ1) is 10.0. The van der Waals surface area contributed by atoms with Gasteiger partial charge >= 0.3 is 0 Å². The molecule has 0 radical (unpaired) electrons. The number of amides is 1. The number of nitrogens with one attached hydrogen (secondary N) is 1. The number of hydrogen-bond acceptors (Lipinski definition) is 3. The Balaban J connectivity index is 2.31. The molecule has 2 aromatic carbocycles. The van der Waals surface area contributed by atoms with Crippen LogP contribution in [-0.4, -0.2) is 13.0 Å². The van der Waals surface area contributed by atoms with Crippen molar-refractivity contribution in [2.75, 3.05) is 18.2 Å². The Labute approximate surface area is 124 Å². The molecule has 4 heteroatoms. The number of nitrogen functional groups attached to an aromatic ring is 1. The summed E-state index contributed by atoms with van der Waals surface area (Å²) in [4.78, 5) is 12.4. The van der Waals surface area contributed by atoms with Crippen LogP contribution in [0.5, 0.6) is 5.75 Å². The molecule has 0 aromatic heterocycles. The number of methoxy groups -OCH3 is 1. The summed E-state index contributed by atoms with van der Waals surface area (Å²) in [6.07, 6.45) is 0. The summed E-state index contributed by atoms with van der Waals surface area (Å²) in [6, 6.07) is 12.9. The highest BCUT2D eigenvalue weighted by atomic mass is 16.5. The fraction of sp³-hybridized carbons (Fsp3) is 0.235. The minimum atomic E-state index is -0.237. The third-order valence-corrected chi connectivity index (χ3v) is 3.36. The van der Waals surface area contributed by atoms with E-state index < -0.39 is 0 Å². The first-order valence-electron chi connectivity index (χ1n) is 6.87. The largest absolute Gasteiger partial charge is 0.495 e. The average Bonchev–Trinajstić information content (AvgIpc) is 2.47. The highest BCUT2D eigenvalue weighted by molar-refractivity contribution is 6.08. The number of benzene rings is 2. The molecule has 0 unspecified atom stereocenters. The van der Waals surface area contributed by atoms with E-state index in [0.29, 0.717) is 22.9 Å². The normalized spacial score (nSPS) is 10.5. The van der Waals surface area contributed by atoms with Gasteiger partial charge in [-0.15, -0.1) is 0 Å². The summed E-state index contributed by atoms with van der Waals surface area (Å²) in [5, 5.41) is 2.93. The van der Waals surface area contributed by atoms with Gasteiger partial charge in [0.05, 0.1) is 18.4 Å². The van der Waals surface area contributed by atoms with Crippen molar-refractivity contribution < 1.29 is 9.53 Å². The molecule has 1 amide bonds. The second-order valence-electron chi connectivity index (χ2n) is 5.12. The van der Waals surface area contributed by atoms with Crippen LogP contribution in [0.15, 0.2) is 42.5 Å². The lowest BCUT2D eigenvalue weighted by Gasteiger charge is -2.15. The minimum Gasteiger partial charge on any atom is -0.495 e. The molecule has 0 aliphatic carbocycles. The summed E-state index contributed by atoms with van der Waals surface area (Å²) >= 11 is 0. The van der Waals surface area contributed by atoms with Crippen molar-refractivity contribution in [1.29, 1.82) is 0 Å². The van der Waals surface area contributed by atoms with Gasteiger partial charge in [0.15, 0.2) is 0 Å². The summed E-state index contributed by atoms with van der Waals surface area (Å²) in [5.74, 6) is 0.587. The lowest BCUT2D eigenvalue weighted by Crippen LogP contribution is -2.15. The lowest BCUT2D eigenvalue weighted by molar-refractivity contribution is 0.102. The molecular formula is C17H20N2O2. The second-order valence-corrected chi connectivity index (χ2v) is 5.12. The van der Waals surface area contributed by atoms with Crippen LogP contribution < -0.4 is 15.8 Å². The van der Waals surface area contributed by atoms with E-state index in [4.69, 9.17) is 10.5 Å². The topological polar surface area (TPSA) is 64.3 Å². The lowest BCUT2D eigenvalue weighted by atomic mass is 10.0. The Hall–Kier alpha value is -2.49. The predicted octanol–water partition coefficient (Wildman–Crippen LogP) is 3.65. The van der Waals surface area contributed by atoms with Crippen LogP contribution in [0.2, 0.25) is 0 Å². The Morgan fingerprint density at radius 2 is 1.86 bits per heavy atom. The number of para-hydroxylation sites is 2. The van der Waals surface area contributed by atoms with Gasteiger partial charge in [-0.2, -0.15) is 0 Å². The Bertz CT molecular complexity index is 651. The van der Waals surface area contributed by atoms with Crippen molar-refractivity contribution in [2.24, 2.45) is 0 Å². The molecular weight excluding hydrogens is 264 g/mol. The standard InChI is InChI=1S/C17H20N2O2/c1-11(2)12-7-4-5-9-14(12)19-17(20)13-8-6-10-15(21-3)16(13)18/h4-11H,18H2,1-3H3,(H,19,20). The van der Waals surface area contributed by atoms with Crippen LogP contribution in [0.3, 0.4) is 0 Å². The van der Waals surface area contributed by atoms with Crippen LogP contribution in [-0.2, 0) is 0 Å². The number of carbonyl (C=O) groups is 1. The zero-order valence-electron chi connectivity index (χ0n) is 12.5. The van der Waals surface area contributed by atoms with Crippen molar-refractivity contribution in [3.8, 4) is 5.75 Å². The molecule has 0 atom stereocenters. The number of nitrogens with two attached hydrogens (primary N) is 1. The quantitative estimate of drug-likeness (QED) is 0.842. The van der Waals surface area contributed by atoms with Gasteiger partial charge in [0.1, 0.15) is 5.75 Å². The van der Waals surface area contributed by atoms with E-state index in [2.05, 4.69) is 19.2 Å². The van der Waals surface area contributed by atoms with E-state index in [1.165, 1.54) is 7.11 Å². The van der Waals surface area contributed by atoms with Gasteiger partial charge in [0.25, 0.3) is 5.91 Å². The highest BCUT2D eigenvalue weighted by Crippen LogP contribution is 2.27. The second kappa shape index (κ2) is 6.31. The monoisotopic (exact) mass is 284 g/mol. The fourth-order valence-corrected chi connectivity index (χ4v) is 2.22. The molecule has 3 N–H and O–H groups in total. The van der Waals surface area contributed by atoms with E-state index in [-0.39, 0.29) is 5.91 Å². The first-order valence-corrected chi connectivity index (χ1v) is 6.87. The van der Waals surface area contributed by atoms with Gasteiger partial charge in [-0.05, 0) is 29.7 Å². The molecule has 0 aliphatic rings. The predicted molar refractivity (Wildman–Crippen MR) is 85.9 cm³/mol. The van der Waals surface area contributed by atoms with E-state index >= 15 is 0 Å². The average molecular weight is 284 g/mol. The molecule has 0 fully saturated rings. The third-order valence-electron chi connectivity index (χ3n) is 3.36. The zero-order valence-corrected chi connectivity index (χ0v) is 12.5. The van der Waals surface area contributed by atoms with E-state index in [9.17, 15) is 4.79 Å². The Morgan fingerprint density at radius 1 is 1.14 bits per heavy atom. The molecule has 2 aromatic rings. The van der Waals surface area contributed by atoms with Crippen LogP contribution in [0.1, 0.15) is 35.7 Å². The van der Waals surface area contributed by atoms with Gasteiger partial charge in [0.2, 0.25) is 0 Å². The fourth-order valence-electron chi connectivity index (χ4n) is 2.22. The maximum atomic E-state index is 12.4. The molecule has 0 bridgehead atoms. The van der Waals surface area contributed by atoms with E-state index in [0.717, 1.165) is 11.3 Å². The zero-order chi connectivity index (χ0) is 15.4. The van der Waals surface area contributed by atoms with Gasteiger partial charge in [-0.25, -0.2) is 0 Å². The molecule has 0 saturated heterocycles. The third kappa shape index (κ3) is 3.16. The molecule has 0 heterocycles. The van der Waals surface area contributed by atoms with Gasteiger partial charge in [-0.3, -0.25) is 4.79 Å². The number of carbonyl (C=O) groups excluding carboxylic acids is 1. The highest BCUT2D eigenvalue weighted by Gasteiger charge is 2.15. The van der Waals surface area contributed by atoms with Crippen molar-refractivity contribution >= 4 is 17.3 Å². The summed E-state index contributed by atoms with van der Waals surface area (Å²) in [7, 11) is 1.53. The first kappa shape index (κ1) is 14.9. The molecule has 2 rings (SSSR count). The molecule has 0 aliphatic heterocycles. The van der Waals surface area contributed by atoms with E-state index in [1.807, 2.05) is 24.3 Å². The number of ether oxygens (including phenoxy) is 1. The van der Waals surface area contributed by atoms with Gasteiger partial charge in [-0.1, -0.05) is 38.1 Å². The molecule has 4 nitrogen and oxygen atoms in total. The smallest absolute Gasteiger partial charge is 0.257 e. The maximum Gasteiger partial charge on any atom is 0.257 e. The Morgan fingerprint density at radius 3 is 2.52 bits per heavy atom. The summed E-state index contributed by atoms with van der Waals surface area (Å²) < 4.78 is 5.14. The minimum absolute atomic E-state index is 0.237. The summed E-state index contributed by atoms with van der Waals surface area (Å²) in [6.45, 7) is 4.18. The molecule has 0 saturated carbocycles. The molecule has 0 spiro atoms. The Kier molecular flexibility index (Phi) is 4.48. The number of hydrogen-bond donors (Lipinski definition) is 2. The van der Waals surface area contributed by atoms with Crippen molar-refractivity contribution in [3.63, 3.8) is 0 Å².